The van der Waals surface area contributed by atoms with Crippen LogP contribution in [0, 0.1) is 0 Å². The molecule has 1 rings (SSSR count). The fraction of sp³-hybridized carbons (Fsp3) is 0.273. The maximum atomic E-state index is 12.4. The van der Waals surface area contributed by atoms with E-state index < -0.39 is 24.6 Å². The molecule has 0 fully saturated rings. The number of aliphatic carboxylic acids is 1. The van der Waals surface area contributed by atoms with Crippen LogP contribution >= 0.6 is 11.6 Å². The SMILES string of the molecule is COc1cc(Cl)ccc1C(=O)NC(CF)C(=O)O. The van der Waals surface area contributed by atoms with Crippen molar-refractivity contribution in [3.8, 4) is 5.75 Å². The zero-order valence-corrected chi connectivity index (χ0v) is 10.2. The fourth-order valence-electron chi connectivity index (χ4n) is 1.25. The van der Waals surface area contributed by atoms with E-state index in [2.05, 4.69) is 0 Å². The van der Waals surface area contributed by atoms with E-state index in [0.717, 1.165) is 0 Å². The first kappa shape index (κ1) is 14.2. The molecular formula is C11H11ClFNO4. The van der Waals surface area contributed by atoms with Gasteiger partial charge in [-0.15, -0.1) is 0 Å². The van der Waals surface area contributed by atoms with Gasteiger partial charge in [0.1, 0.15) is 12.4 Å². The molecule has 0 aliphatic carbocycles. The second kappa shape index (κ2) is 6.20. The molecule has 0 heterocycles. The highest BCUT2D eigenvalue weighted by atomic mass is 35.5. The zero-order chi connectivity index (χ0) is 13.7. The summed E-state index contributed by atoms with van der Waals surface area (Å²) in [7, 11) is 1.34. The van der Waals surface area contributed by atoms with E-state index in [1.165, 1.54) is 25.3 Å². The Hall–Kier alpha value is -1.82. The highest BCUT2D eigenvalue weighted by Crippen LogP contribution is 2.23. The maximum Gasteiger partial charge on any atom is 0.328 e. The molecular weight excluding hydrogens is 265 g/mol. The third-order valence-corrected chi connectivity index (χ3v) is 2.40. The molecule has 0 saturated heterocycles. The first-order valence-corrected chi connectivity index (χ1v) is 5.30. The van der Waals surface area contributed by atoms with Crippen LogP contribution in [0.3, 0.4) is 0 Å². The molecule has 5 nitrogen and oxygen atoms in total. The minimum absolute atomic E-state index is 0.0848. The van der Waals surface area contributed by atoms with Gasteiger partial charge in [-0.3, -0.25) is 4.79 Å². The lowest BCUT2D eigenvalue weighted by Gasteiger charge is -2.13. The highest BCUT2D eigenvalue weighted by Gasteiger charge is 2.22. The number of hydrogen-bond donors (Lipinski definition) is 2. The van der Waals surface area contributed by atoms with E-state index in [1.54, 1.807) is 0 Å². The van der Waals surface area contributed by atoms with Gasteiger partial charge in [-0.1, -0.05) is 11.6 Å². The second-order valence-corrected chi connectivity index (χ2v) is 3.80. The van der Waals surface area contributed by atoms with Crippen molar-refractivity contribution in [3.63, 3.8) is 0 Å². The van der Waals surface area contributed by atoms with Crippen molar-refractivity contribution in [2.24, 2.45) is 0 Å². The predicted molar refractivity (Wildman–Crippen MR) is 62.9 cm³/mol. The van der Waals surface area contributed by atoms with E-state index >= 15 is 0 Å². The van der Waals surface area contributed by atoms with Crippen LogP contribution in [0.5, 0.6) is 5.75 Å². The van der Waals surface area contributed by atoms with Gasteiger partial charge in [0.05, 0.1) is 12.7 Å². The Morgan fingerprint density at radius 1 is 1.56 bits per heavy atom. The summed E-state index contributed by atoms with van der Waals surface area (Å²) in [5.41, 5.74) is 0.0848. The highest BCUT2D eigenvalue weighted by molar-refractivity contribution is 6.30. The number of halogens is 2. The first-order valence-electron chi connectivity index (χ1n) is 4.92. The molecule has 1 amide bonds. The average Bonchev–Trinajstić information content (AvgIpc) is 2.34. The van der Waals surface area contributed by atoms with E-state index in [0.29, 0.717) is 5.02 Å². The largest absolute Gasteiger partial charge is 0.496 e. The number of carboxylic acid groups (broad SMARTS) is 1. The lowest BCUT2D eigenvalue weighted by molar-refractivity contribution is -0.139. The molecule has 1 aromatic rings. The van der Waals surface area contributed by atoms with E-state index in [4.69, 9.17) is 21.4 Å². The van der Waals surface area contributed by atoms with Crippen LogP contribution in [0.25, 0.3) is 0 Å². The lowest BCUT2D eigenvalue weighted by atomic mass is 10.1. The molecule has 0 spiro atoms. The van der Waals surface area contributed by atoms with Crippen molar-refractivity contribution in [1.82, 2.24) is 5.32 Å². The van der Waals surface area contributed by atoms with Gasteiger partial charge in [-0.05, 0) is 18.2 Å². The second-order valence-electron chi connectivity index (χ2n) is 3.36. The topological polar surface area (TPSA) is 75.6 Å². The summed E-state index contributed by atoms with van der Waals surface area (Å²) in [6.45, 7) is -1.20. The summed E-state index contributed by atoms with van der Waals surface area (Å²) in [6.07, 6.45) is 0. The minimum atomic E-state index is -1.59. The third-order valence-electron chi connectivity index (χ3n) is 2.17. The number of carbonyl (C=O) groups excluding carboxylic acids is 1. The van der Waals surface area contributed by atoms with Crippen molar-refractivity contribution in [3.05, 3.63) is 28.8 Å². The van der Waals surface area contributed by atoms with Gasteiger partial charge in [-0.25, -0.2) is 9.18 Å². The molecule has 1 unspecified atom stereocenters. The summed E-state index contributed by atoms with van der Waals surface area (Å²) in [6, 6.07) is 2.64. The summed E-state index contributed by atoms with van der Waals surface area (Å²) in [4.78, 5) is 22.3. The monoisotopic (exact) mass is 275 g/mol. The number of ether oxygens (including phenoxy) is 1. The summed E-state index contributed by atoms with van der Waals surface area (Å²) in [5.74, 6) is -2.00. The van der Waals surface area contributed by atoms with Crippen LogP contribution in [-0.4, -0.2) is 36.8 Å². The van der Waals surface area contributed by atoms with Gasteiger partial charge < -0.3 is 15.2 Å². The van der Waals surface area contributed by atoms with Gasteiger partial charge in [-0.2, -0.15) is 0 Å². The number of rotatable bonds is 5. The number of carboxylic acids is 1. The molecule has 7 heteroatoms. The van der Waals surface area contributed by atoms with Gasteiger partial charge in [0, 0.05) is 5.02 Å². The lowest BCUT2D eigenvalue weighted by Crippen LogP contribution is -2.42. The van der Waals surface area contributed by atoms with E-state index in [9.17, 15) is 14.0 Å². The standard InChI is InChI=1S/C11H11ClFNO4/c1-18-9-4-6(12)2-3-7(9)10(15)14-8(5-13)11(16)17/h2-4,8H,5H2,1H3,(H,14,15)(H,16,17). The molecule has 0 bridgehead atoms. The number of methoxy groups -OCH3 is 1. The number of nitrogens with one attached hydrogen (secondary N) is 1. The maximum absolute atomic E-state index is 12.4. The van der Waals surface area contributed by atoms with Crippen LogP contribution < -0.4 is 10.1 Å². The van der Waals surface area contributed by atoms with Crippen molar-refractivity contribution < 1.29 is 23.8 Å². The molecule has 0 radical (unpaired) electrons. The van der Waals surface area contributed by atoms with Crippen LogP contribution in [0.2, 0.25) is 5.02 Å². The Labute approximate surface area is 108 Å². The molecule has 2 N–H and O–H groups in total. The molecule has 0 aliphatic heterocycles. The van der Waals surface area contributed by atoms with Crippen molar-refractivity contribution in [2.45, 2.75) is 6.04 Å². The van der Waals surface area contributed by atoms with Crippen LogP contribution in [0.1, 0.15) is 10.4 Å². The van der Waals surface area contributed by atoms with Crippen molar-refractivity contribution in [1.29, 1.82) is 0 Å². The van der Waals surface area contributed by atoms with Crippen LogP contribution in [0.15, 0.2) is 18.2 Å². The van der Waals surface area contributed by atoms with Gasteiger partial charge >= 0.3 is 5.97 Å². The smallest absolute Gasteiger partial charge is 0.328 e. The number of amides is 1. The Kier molecular flexibility index (Phi) is 4.91. The van der Waals surface area contributed by atoms with Crippen molar-refractivity contribution >= 4 is 23.5 Å². The van der Waals surface area contributed by atoms with Gasteiger partial charge in [0.15, 0.2) is 6.04 Å². The Balaban J connectivity index is 2.93. The minimum Gasteiger partial charge on any atom is -0.496 e. The van der Waals surface area contributed by atoms with Crippen LogP contribution in [0.4, 0.5) is 4.39 Å². The Morgan fingerprint density at radius 2 is 2.22 bits per heavy atom. The van der Waals surface area contributed by atoms with E-state index in [-0.39, 0.29) is 11.3 Å². The summed E-state index contributed by atoms with van der Waals surface area (Å²) < 4.78 is 17.3. The molecule has 1 atom stereocenters. The van der Waals surface area contributed by atoms with Gasteiger partial charge in [0.2, 0.25) is 0 Å². The molecule has 18 heavy (non-hydrogen) atoms. The van der Waals surface area contributed by atoms with Crippen LogP contribution in [-0.2, 0) is 4.79 Å². The molecule has 0 aromatic heterocycles. The molecule has 98 valence electrons. The summed E-state index contributed by atoms with van der Waals surface area (Å²) in [5, 5.41) is 11.0. The summed E-state index contributed by atoms with van der Waals surface area (Å²) >= 11 is 5.72. The molecule has 0 aliphatic rings. The van der Waals surface area contributed by atoms with Gasteiger partial charge in [0.25, 0.3) is 5.91 Å². The first-order chi connectivity index (χ1) is 8.49. The Bertz CT molecular complexity index is 466. The normalized spacial score (nSPS) is 11.7. The third kappa shape index (κ3) is 3.33. The fourth-order valence-corrected chi connectivity index (χ4v) is 1.42. The zero-order valence-electron chi connectivity index (χ0n) is 9.44. The number of hydrogen-bond acceptors (Lipinski definition) is 3. The Morgan fingerprint density at radius 3 is 2.72 bits per heavy atom. The number of carbonyl (C=O) groups is 2. The predicted octanol–water partition coefficient (Wildman–Crippen LogP) is 1.50. The molecule has 1 aromatic carbocycles. The average molecular weight is 276 g/mol. The quantitative estimate of drug-likeness (QED) is 0.854. The number of alkyl halides is 1. The molecule has 0 saturated carbocycles. The number of benzene rings is 1. The van der Waals surface area contributed by atoms with E-state index in [1.807, 2.05) is 5.32 Å². The van der Waals surface area contributed by atoms with Crippen molar-refractivity contribution in [2.75, 3.05) is 13.8 Å².